The Morgan fingerprint density at radius 1 is 1.08 bits per heavy atom. The maximum atomic E-state index is 13.4. The largest absolute Gasteiger partial charge is 0.508 e. The third-order valence-corrected chi connectivity index (χ3v) is 10.9. The lowest BCUT2D eigenvalue weighted by Gasteiger charge is -2.48. The minimum atomic E-state index is -2.21. The summed E-state index contributed by atoms with van der Waals surface area (Å²) < 4.78 is 15.3. The summed E-state index contributed by atoms with van der Waals surface area (Å²) in [5.41, 5.74) is -0.273. The number of aromatic nitrogens is 2. The highest BCUT2D eigenvalue weighted by atomic mass is 17.2. The molecule has 0 radical (unpaired) electrons. The SMILES string of the molecule is Cc1cc(=O)c2cc3c(c(-n4cc5cc[nH]c5c4)c2o1)O[C@](C)(C1CCCCC1)[C@H](OOC[C@@](O)(Cc1ccc(O)cc1)[C@@H](O)[C@H](O)[C@H](O)CO)C3. The van der Waals surface area contributed by atoms with E-state index in [0.717, 1.165) is 43.0 Å². The second-order valence-electron chi connectivity index (χ2n) is 14.6. The van der Waals surface area contributed by atoms with Gasteiger partial charge in [-0.2, -0.15) is 0 Å². The van der Waals surface area contributed by atoms with Gasteiger partial charge in [-0.25, -0.2) is 9.78 Å². The van der Waals surface area contributed by atoms with E-state index in [0.29, 0.717) is 39.3 Å². The van der Waals surface area contributed by atoms with E-state index in [4.69, 9.17) is 18.9 Å². The van der Waals surface area contributed by atoms with E-state index >= 15 is 0 Å². The summed E-state index contributed by atoms with van der Waals surface area (Å²) >= 11 is 0. The van der Waals surface area contributed by atoms with Crippen molar-refractivity contribution in [2.75, 3.05) is 13.2 Å². The molecule has 1 fully saturated rings. The van der Waals surface area contributed by atoms with E-state index in [2.05, 4.69) is 4.98 Å². The maximum absolute atomic E-state index is 13.4. The van der Waals surface area contributed by atoms with Crippen LogP contribution in [0.4, 0.5) is 0 Å². The molecule has 7 rings (SSSR count). The van der Waals surface area contributed by atoms with Gasteiger partial charge >= 0.3 is 0 Å². The molecule has 13 nitrogen and oxygen atoms in total. The van der Waals surface area contributed by atoms with Gasteiger partial charge in [0.05, 0.1) is 17.5 Å². The Balaban J connectivity index is 1.26. The van der Waals surface area contributed by atoms with Crippen LogP contribution in [0.1, 0.15) is 55.9 Å². The number of hydrogen-bond donors (Lipinski definition) is 7. The average molecular weight is 719 g/mol. The lowest BCUT2D eigenvalue weighted by atomic mass is 9.72. The second-order valence-corrected chi connectivity index (χ2v) is 14.6. The molecule has 0 saturated heterocycles. The minimum absolute atomic E-state index is 0.000889. The molecule has 0 bridgehead atoms. The van der Waals surface area contributed by atoms with Crippen LogP contribution in [-0.4, -0.2) is 89.0 Å². The van der Waals surface area contributed by atoms with Gasteiger partial charge in [0.2, 0.25) is 0 Å². The number of aliphatic hydroxyl groups is 5. The Kier molecular flexibility index (Phi) is 9.95. The smallest absolute Gasteiger partial charge is 0.193 e. The lowest BCUT2D eigenvalue weighted by molar-refractivity contribution is -0.374. The summed E-state index contributed by atoms with van der Waals surface area (Å²) in [7, 11) is 0. The van der Waals surface area contributed by atoms with Crippen LogP contribution >= 0.6 is 0 Å². The van der Waals surface area contributed by atoms with Crippen molar-refractivity contribution in [2.24, 2.45) is 5.92 Å². The lowest BCUT2D eigenvalue weighted by Crippen LogP contribution is -2.58. The first-order valence-corrected chi connectivity index (χ1v) is 17.8. The minimum Gasteiger partial charge on any atom is -0.508 e. The zero-order valence-electron chi connectivity index (χ0n) is 29.2. The fourth-order valence-electron chi connectivity index (χ4n) is 7.90. The Morgan fingerprint density at radius 2 is 1.83 bits per heavy atom. The van der Waals surface area contributed by atoms with Crippen LogP contribution in [0.2, 0.25) is 0 Å². The van der Waals surface area contributed by atoms with Crippen molar-refractivity contribution in [1.82, 2.24) is 9.55 Å². The molecule has 1 aliphatic heterocycles. The van der Waals surface area contributed by atoms with Crippen molar-refractivity contribution in [3.63, 3.8) is 0 Å². The van der Waals surface area contributed by atoms with Crippen molar-refractivity contribution in [3.05, 3.63) is 88.2 Å². The molecule has 52 heavy (non-hydrogen) atoms. The number of H-pyrrole nitrogens is 1. The molecule has 1 aliphatic carbocycles. The molecule has 0 unspecified atom stereocenters. The van der Waals surface area contributed by atoms with Crippen LogP contribution in [0.3, 0.4) is 0 Å². The number of nitrogens with zero attached hydrogens (tertiary/aromatic N) is 1. The third kappa shape index (κ3) is 6.73. The molecule has 6 atom stereocenters. The molecule has 278 valence electrons. The van der Waals surface area contributed by atoms with Gasteiger partial charge < -0.3 is 49.3 Å². The first-order valence-electron chi connectivity index (χ1n) is 17.8. The van der Waals surface area contributed by atoms with E-state index in [1.807, 2.05) is 36.1 Å². The highest BCUT2D eigenvalue weighted by molar-refractivity contribution is 5.91. The number of phenolic OH excluding ortho intramolecular Hbond substituents is 1. The van der Waals surface area contributed by atoms with Gasteiger partial charge in [0.25, 0.3) is 0 Å². The standard InChI is InChI=1S/C39H46N2O11/c1-22-14-30(44)28-15-25-16-32(52-49-21-39(48,37(47)34(46)31(45)20-42)17-23-8-10-27(43)11-9-23)38(2,26-6-4-3-5-7-26)51-35(25)33(36(28)50-22)41-18-24-12-13-40-29(24)19-41/h8-15,18-19,26,31-32,34,37,40,42-43,45-48H,3-7,16-17,20-21H2,1-2H3/t31-,32-,34-,37+,38-,39+/m1/s1. The first-order chi connectivity index (χ1) is 24.9. The van der Waals surface area contributed by atoms with Crippen molar-refractivity contribution in [2.45, 2.75) is 94.4 Å². The van der Waals surface area contributed by atoms with Crippen LogP contribution in [0.25, 0.3) is 27.6 Å². The number of aryl methyl sites for hydroxylation is 1. The quantitative estimate of drug-likeness (QED) is 0.0733. The van der Waals surface area contributed by atoms with Crippen LogP contribution in [0.5, 0.6) is 11.5 Å². The van der Waals surface area contributed by atoms with Gasteiger partial charge in [0, 0.05) is 54.4 Å². The molecular weight excluding hydrogens is 672 g/mol. The summed E-state index contributed by atoms with van der Waals surface area (Å²) in [5.74, 6) is 1.09. The fraction of sp³-hybridized carbons (Fsp3) is 0.462. The predicted molar refractivity (Wildman–Crippen MR) is 190 cm³/mol. The summed E-state index contributed by atoms with van der Waals surface area (Å²) in [6.07, 6.45) is 4.27. The number of aromatic amines is 1. The summed E-state index contributed by atoms with van der Waals surface area (Å²) in [4.78, 5) is 28.6. The van der Waals surface area contributed by atoms with Gasteiger partial charge in [0.1, 0.15) is 59.4 Å². The molecule has 7 N–H and O–H groups in total. The van der Waals surface area contributed by atoms with Crippen molar-refractivity contribution < 1.29 is 49.6 Å². The highest BCUT2D eigenvalue weighted by Gasteiger charge is 2.51. The van der Waals surface area contributed by atoms with Gasteiger partial charge in [-0.05, 0) is 56.5 Å². The second kappa shape index (κ2) is 14.3. The molecule has 0 spiro atoms. The van der Waals surface area contributed by atoms with Crippen LogP contribution in [0.15, 0.2) is 70.3 Å². The zero-order valence-corrected chi connectivity index (χ0v) is 29.2. The number of hydrogen-bond acceptors (Lipinski definition) is 11. The average Bonchev–Trinajstić information content (AvgIpc) is 3.75. The number of phenols is 1. The van der Waals surface area contributed by atoms with Gasteiger partial charge in [-0.3, -0.25) is 4.79 Å². The number of aromatic hydroxyl groups is 1. The topological polar surface area (TPSA) is 200 Å². The Morgan fingerprint density at radius 3 is 2.54 bits per heavy atom. The number of benzene rings is 2. The van der Waals surface area contributed by atoms with E-state index < -0.39 is 48.8 Å². The van der Waals surface area contributed by atoms with Crippen LogP contribution in [-0.2, 0) is 22.6 Å². The van der Waals surface area contributed by atoms with Crippen LogP contribution in [0, 0.1) is 12.8 Å². The molecule has 3 aromatic heterocycles. The summed E-state index contributed by atoms with van der Waals surface area (Å²) in [6, 6.07) is 11.1. The molecule has 2 aliphatic rings. The maximum Gasteiger partial charge on any atom is 0.193 e. The Labute approximate surface area is 299 Å². The molecule has 4 heterocycles. The zero-order chi connectivity index (χ0) is 36.8. The normalized spacial score (nSPS) is 22.5. The number of ether oxygens (including phenoxy) is 1. The van der Waals surface area contributed by atoms with Crippen LogP contribution < -0.4 is 10.2 Å². The van der Waals surface area contributed by atoms with Gasteiger partial charge in [-0.1, -0.05) is 31.4 Å². The van der Waals surface area contributed by atoms with E-state index in [1.165, 1.54) is 18.2 Å². The number of aliphatic hydroxyl groups excluding tert-OH is 4. The predicted octanol–water partition coefficient (Wildman–Crippen LogP) is 3.72. The monoisotopic (exact) mass is 718 g/mol. The Bertz CT molecular complexity index is 2050. The summed E-state index contributed by atoms with van der Waals surface area (Å²) in [6.45, 7) is 2.23. The van der Waals surface area contributed by atoms with Gasteiger partial charge in [0.15, 0.2) is 16.8 Å². The van der Waals surface area contributed by atoms with E-state index in [-0.39, 0.29) is 29.9 Å². The fourth-order valence-corrected chi connectivity index (χ4v) is 7.90. The molecule has 0 amide bonds. The molecular formula is C39H46N2O11. The van der Waals surface area contributed by atoms with Crippen molar-refractivity contribution in [3.8, 4) is 17.2 Å². The molecule has 13 heteroatoms. The molecule has 1 saturated carbocycles. The van der Waals surface area contributed by atoms with E-state index in [9.17, 15) is 35.4 Å². The highest BCUT2D eigenvalue weighted by Crippen LogP contribution is 2.48. The number of nitrogens with one attached hydrogen (secondary N) is 1. The third-order valence-electron chi connectivity index (χ3n) is 10.9. The number of rotatable bonds is 12. The Hall–Kier alpha value is -4.21. The van der Waals surface area contributed by atoms with Crippen molar-refractivity contribution >= 4 is 21.9 Å². The number of fused-ring (bicyclic) bond motifs is 3. The molecule has 5 aromatic rings. The first kappa shape index (κ1) is 36.2. The van der Waals surface area contributed by atoms with Crippen molar-refractivity contribution in [1.29, 1.82) is 0 Å². The van der Waals surface area contributed by atoms with E-state index in [1.54, 1.807) is 25.1 Å². The summed E-state index contributed by atoms with van der Waals surface area (Å²) in [5, 5.41) is 64.2. The van der Waals surface area contributed by atoms with Gasteiger partial charge in [-0.15, -0.1) is 0 Å². The molecule has 2 aromatic carbocycles.